The van der Waals surface area contributed by atoms with Crippen molar-refractivity contribution in [2.24, 2.45) is 0 Å². The van der Waals surface area contributed by atoms with Crippen LogP contribution in [0.5, 0.6) is 0 Å². The Morgan fingerprint density at radius 3 is 2.36 bits per heavy atom. The topological polar surface area (TPSA) is 55.1 Å². The molecule has 1 aromatic carbocycles. The fourth-order valence-electron chi connectivity index (χ4n) is 2.39. The smallest absolute Gasteiger partial charge is 0.255 e. The highest BCUT2D eigenvalue weighted by atomic mass is 16.3. The summed E-state index contributed by atoms with van der Waals surface area (Å²) in [6.45, 7) is 1.78. The molecular formula is C18H16N2O2. The van der Waals surface area contributed by atoms with E-state index in [0.717, 1.165) is 11.1 Å². The van der Waals surface area contributed by atoms with Crippen molar-refractivity contribution in [3.63, 3.8) is 0 Å². The highest BCUT2D eigenvalue weighted by molar-refractivity contribution is 5.95. The highest BCUT2D eigenvalue weighted by Crippen LogP contribution is 2.22. The summed E-state index contributed by atoms with van der Waals surface area (Å²) in [6, 6.07) is 15.1. The van der Waals surface area contributed by atoms with Gasteiger partial charge in [-0.05, 0) is 36.2 Å². The van der Waals surface area contributed by atoms with Gasteiger partial charge in [0, 0.05) is 12.4 Å². The Balaban J connectivity index is 1.93. The van der Waals surface area contributed by atoms with E-state index in [0.29, 0.717) is 11.3 Å². The lowest BCUT2D eigenvalue weighted by Gasteiger charge is -2.19. The van der Waals surface area contributed by atoms with E-state index < -0.39 is 0 Å². The summed E-state index contributed by atoms with van der Waals surface area (Å²) < 4.78 is 5.21. The van der Waals surface area contributed by atoms with E-state index in [9.17, 15) is 4.79 Å². The molecule has 0 fully saturated rings. The summed E-state index contributed by atoms with van der Waals surface area (Å²) in [7, 11) is 0. The average molecular weight is 292 g/mol. The number of carbonyl (C=O) groups excluding carboxylic acids is 1. The number of aromatic nitrogens is 1. The van der Waals surface area contributed by atoms with E-state index in [1.165, 1.54) is 6.26 Å². The zero-order valence-electron chi connectivity index (χ0n) is 12.2. The molecular weight excluding hydrogens is 276 g/mol. The van der Waals surface area contributed by atoms with Crippen LogP contribution in [0, 0.1) is 6.92 Å². The first-order valence-electron chi connectivity index (χ1n) is 7.05. The molecule has 22 heavy (non-hydrogen) atoms. The minimum Gasteiger partial charge on any atom is -0.469 e. The van der Waals surface area contributed by atoms with E-state index in [4.69, 9.17) is 4.42 Å². The van der Waals surface area contributed by atoms with Gasteiger partial charge in [0.1, 0.15) is 5.76 Å². The number of hydrogen-bond acceptors (Lipinski definition) is 3. The van der Waals surface area contributed by atoms with Gasteiger partial charge in [-0.2, -0.15) is 0 Å². The molecule has 4 nitrogen and oxygen atoms in total. The Hall–Kier alpha value is -2.88. The summed E-state index contributed by atoms with van der Waals surface area (Å²) >= 11 is 0. The van der Waals surface area contributed by atoms with Gasteiger partial charge in [-0.15, -0.1) is 0 Å². The van der Waals surface area contributed by atoms with Crippen molar-refractivity contribution in [1.82, 2.24) is 10.3 Å². The van der Waals surface area contributed by atoms with Crippen molar-refractivity contribution in [2.45, 2.75) is 13.0 Å². The van der Waals surface area contributed by atoms with Gasteiger partial charge in [0.25, 0.3) is 5.91 Å². The van der Waals surface area contributed by atoms with Crippen molar-refractivity contribution in [1.29, 1.82) is 0 Å². The number of hydrogen-bond donors (Lipinski definition) is 1. The first kappa shape index (κ1) is 14.1. The van der Waals surface area contributed by atoms with Crippen LogP contribution in [0.3, 0.4) is 0 Å². The van der Waals surface area contributed by atoms with Crippen LogP contribution in [0.4, 0.5) is 0 Å². The first-order chi connectivity index (χ1) is 10.8. The number of pyridine rings is 1. The molecule has 2 aromatic heterocycles. The van der Waals surface area contributed by atoms with Crippen molar-refractivity contribution in [3.05, 3.63) is 89.6 Å². The second kappa shape index (κ2) is 6.26. The molecule has 1 N–H and O–H groups in total. The molecule has 0 saturated carbocycles. The molecule has 1 amide bonds. The summed E-state index contributed by atoms with van der Waals surface area (Å²) in [5, 5.41) is 3.07. The van der Waals surface area contributed by atoms with Gasteiger partial charge in [-0.25, -0.2) is 0 Å². The third-order valence-corrected chi connectivity index (χ3v) is 3.55. The van der Waals surface area contributed by atoms with Crippen LogP contribution in [0.15, 0.2) is 71.6 Å². The average Bonchev–Trinajstić information content (AvgIpc) is 3.00. The zero-order chi connectivity index (χ0) is 15.4. The molecule has 0 aliphatic heterocycles. The minimum absolute atomic E-state index is 0.156. The maximum Gasteiger partial charge on any atom is 0.255 e. The number of furan rings is 1. The normalized spacial score (nSPS) is 11.9. The molecule has 3 rings (SSSR count). The number of benzene rings is 1. The maximum absolute atomic E-state index is 12.5. The Morgan fingerprint density at radius 1 is 1.05 bits per heavy atom. The predicted octanol–water partition coefficient (Wildman–Crippen LogP) is 3.50. The summed E-state index contributed by atoms with van der Waals surface area (Å²) in [5.74, 6) is 0.455. The van der Waals surface area contributed by atoms with Crippen LogP contribution in [0.2, 0.25) is 0 Å². The zero-order valence-corrected chi connectivity index (χ0v) is 12.2. The molecule has 3 aromatic rings. The van der Waals surface area contributed by atoms with Crippen LogP contribution in [0.1, 0.15) is 33.3 Å². The number of nitrogens with zero attached hydrogens (tertiary/aromatic N) is 1. The van der Waals surface area contributed by atoms with Crippen molar-refractivity contribution in [3.8, 4) is 0 Å². The molecule has 0 aliphatic carbocycles. The summed E-state index contributed by atoms with van der Waals surface area (Å²) in [5.41, 5.74) is 2.55. The molecule has 1 atom stereocenters. The quantitative estimate of drug-likeness (QED) is 0.800. The number of rotatable bonds is 4. The van der Waals surface area contributed by atoms with Gasteiger partial charge in [0.15, 0.2) is 0 Å². The van der Waals surface area contributed by atoms with Gasteiger partial charge in [0.05, 0.1) is 17.9 Å². The van der Waals surface area contributed by atoms with E-state index in [1.807, 2.05) is 42.5 Å². The first-order valence-corrected chi connectivity index (χ1v) is 7.05. The lowest BCUT2D eigenvalue weighted by atomic mass is 9.99. The Bertz CT molecular complexity index is 712. The van der Waals surface area contributed by atoms with Gasteiger partial charge in [0.2, 0.25) is 0 Å². The van der Waals surface area contributed by atoms with Gasteiger partial charge in [-0.3, -0.25) is 9.78 Å². The third kappa shape index (κ3) is 2.91. The van der Waals surface area contributed by atoms with Crippen molar-refractivity contribution in [2.75, 3.05) is 0 Å². The SMILES string of the molecule is Cc1occc1C(=O)NC(c1ccccc1)c1ccncc1. The van der Waals surface area contributed by atoms with Crippen LogP contribution in [0.25, 0.3) is 0 Å². The van der Waals surface area contributed by atoms with Crippen LogP contribution in [-0.2, 0) is 0 Å². The molecule has 0 aliphatic rings. The van der Waals surface area contributed by atoms with E-state index in [-0.39, 0.29) is 11.9 Å². The van der Waals surface area contributed by atoms with E-state index in [1.54, 1.807) is 25.4 Å². The molecule has 0 radical (unpaired) electrons. The van der Waals surface area contributed by atoms with Crippen molar-refractivity contribution < 1.29 is 9.21 Å². The van der Waals surface area contributed by atoms with Crippen LogP contribution < -0.4 is 5.32 Å². The maximum atomic E-state index is 12.5. The lowest BCUT2D eigenvalue weighted by Crippen LogP contribution is -2.29. The van der Waals surface area contributed by atoms with Gasteiger partial charge < -0.3 is 9.73 Å². The number of amides is 1. The molecule has 1 unspecified atom stereocenters. The monoisotopic (exact) mass is 292 g/mol. The number of aryl methyl sites for hydroxylation is 1. The fourth-order valence-corrected chi connectivity index (χ4v) is 2.39. The molecule has 0 spiro atoms. The Labute approximate surface area is 128 Å². The van der Waals surface area contributed by atoms with Crippen LogP contribution in [-0.4, -0.2) is 10.9 Å². The van der Waals surface area contributed by atoms with Crippen LogP contribution >= 0.6 is 0 Å². The summed E-state index contributed by atoms with van der Waals surface area (Å²) in [4.78, 5) is 16.5. The highest BCUT2D eigenvalue weighted by Gasteiger charge is 2.19. The second-order valence-electron chi connectivity index (χ2n) is 4.99. The Kier molecular flexibility index (Phi) is 4.01. The Morgan fingerprint density at radius 2 is 1.73 bits per heavy atom. The minimum atomic E-state index is -0.231. The van der Waals surface area contributed by atoms with Gasteiger partial charge >= 0.3 is 0 Å². The number of carbonyl (C=O) groups is 1. The lowest BCUT2D eigenvalue weighted by molar-refractivity contribution is 0.0941. The van der Waals surface area contributed by atoms with Crippen molar-refractivity contribution >= 4 is 5.91 Å². The third-order valence-electron chi connectivity index (χ3n) is 3.55. The fraction of sp³-hybridized carbons (Fsp3) is 0.111. The molecule has 0 saturated heterocycles. The van der Waals surface area contributed by atoms with Gasteiger partial charge in [-0.1, -0.05) is 30.3 Å². The second-order valence-corrected chi connectivity index (χ2v) is 4.99. The molecule has 4 heteroatoms. The predicted molar refractivity (Wildman–Crippen MR) is 83.4 cm³/mol. The molecule has 0 bridgehead atoms. The van der Waals surface area contributed by atoms with E-state index >= 15 is 0 Å². The standard InChI is InChI=1S/C18H16N2O2/c1-13-16(9-12-22-13)18(21)20-17(14-5-3-2-4-6-14)15-7-10-19-11-8-15/h2-12,17H,1H3,(H,20,21). The summed E-state index contributed by atoms with van der Waals surface area (Å²) in [6.07, 6.45) is 4.97. The largest absolute Gasteiger partial charge is 0.469 e. The number of nitrogens with one attached hydrogen (secondary N) is 1. The molecule has 2 heterocycles. The van der Waals surface area contributed by atoms with E-state index in [2.05, 4.69) is 10.3 Å². The molecule has 110 valence electrons.